The number of guanidine groups is 1. The molecule has 13 N–H and O–H groups in total. The van der Waals surface area contributed by atoms with Crippen LogP contribution in [0.1, 0.15) is 38.5 Å². The molecular formula is C18H32N8O8. The lowest BCUT2D eigenvalue weighted by Gasteiger charge is -2.21. The first-order valence-electron chi connectivity index (χ1n) is 10.2. The van der Waals surface area contributed by atoms with Crippen LogP contribution < -0.4 is 38.9 Å². The standard InChI is InChI=1S/C18H32N8O8/c19-9(3-5-12(20)27)15(31)24-8-13(28)25-10(2-1-7-23-18(21)22)16(32)26-11(17(33)34)4-6-14(29)30/h9-11H,1-8,19H2,(H2,20,27)(H,24,31)(H,25,28)(H,26,32)(H,29,30)(H,33,34)(H4,21,22,23). The van der Waals surface area contributed by atoms with Crippen LogP contribution >= 0.6 is 0 Å². The number of carboxylic acid groups (broad SMARTS) is 2. The quantitative estimate of drug-likeness (QED) is 0.0535. The molecule has 0 spiro atoms. The Hall–Kier alpha value is -3.95. The Kier molecular flexibility index (Phi) is 14.0. The van der Waals surface area contributed by atoms with Gasteiger partial charge in [-0.15, -0.1) is 0 Å². The summed E-state index contributed by atoms with van der Waals surface area (Å²) in [5.74, 6) is -5.89. The Balaban J connectivity index is 5.06. The second-order valence-electron chi connectivity index (χ2n) is 7.23. The van der Waals surface area contributed by atoms with Crippen molar-refractivity contribution in [3.8, 4) is 0 Å². The molecule has 192 valence electrons. The fourth-order valence-corrected chi connectivity index (χ4v) is 2.54. The topological polar surface area (TPSA) is 295 Å². The van der Waals surface area contributed by atoms with Gasteiger partial charge >= 0.3 is 11.9 Å². The molecule has 3 unspecified atom stereocenters. The number of carbonyl (C=O) groups excluding carboxylic acids is 4. The van der Waals surface area contributed by atoms with Gasteiger partial charge in [0, 0.05) is 19.4 Å². The number of primary amides is 1. The molecular weight excluding hydrogens is 456 g/mol. The normalized spacial score (nSPS) is 13.0. The Morgan fingerprint density at radius 2 is 1.47 bits per heavy atom. The van der Waals surface area contributed by atoms with E-state index in [1.165, 1.54) is 0 Å². The van der Waals surface area contributed by atoms with Crippen LogP contribution in [0.5, 0.6) is 0 Å². The summed E-state index contributed by atoms with van der Waals surface area (Å²) in [7, 11) is 0. The zero-order valence-corrected chi connectivity index (χ0v) is 18.5. The van der Waals surface area contributed by atoms with Crippen LogP contribution in [0.3, 0.4) is 0 Å². The van der Waals surface area contributed by atoms with Gasteiger partial charge in [0.1, 0.15) is 12.1 Å². The summed E-state index contributed by atoms with van der Waals surface area (Å²) >= 11 is 0. The molecule has 0 aromatic carbocycles. The van der Waals surface area contributed by atoms with Crippen molar-refractivity contribution in [2.45, 2.75) is 56.7 Å². The van der Waals surface area contributed by atoms with E-state index in [9.17, 15) is 33.9 Å². The molecule has 16 heteroatoms. The average molecular weight is 489 g/mol. The number of aliphatic carboxylic acids is 2. The molecule has 0 aromatic heterocycles. The van der Waals surface area contributed by atoms with Gasteiger partial charge in [-0.2, -0.15) is 0 Å². The van der Waals surface area contributed by atoms with Crippen molar-refractivity contribution in [2.24, 2.45) is 27.9 Å². The maximum absolute atomic E-state index is 12.6. The first kappa shape index (κ1) is 30.1. The van der Waals surface area contributed by atoms with Gasteiger partial charge in [0.05, 0.1) is 12.6 Å². The molecule has 0 bridgehead atoms. The molecule has 0 fully saturated rings. The van der Waals surface area contributed by atoms with E-state index in [0.29, 0.717) is 0 Å². The number of hydrogen-bond donors (Lipinski definition) is 9. The lowest BCUT2D eigenvalue weighted by molar-refractivity contribution is -0.143. The van der Waals surface area contributed by atoms with Crippen molar-refractivity contribution in [1.29, 1.82) is 0 Å². The highest BCUT2D eigenvalue weighted by Gasteiger charge is 2.27. The van der Waals surface area contributed by atoms with Gasteiger partial charge in [-0.3, -0.25) is 29.0 Å². The number of aliphatic imine (C=N–C) groups is 1. The molecule has 0 saturated carbocycles. The molecule has 4 amide bonds. The minimum Gasteiger partial charge on any atom is -0.481 e. The average Bonchev–Trinajstić information content (AvgIpc) is 2.74. The van der Waals surface area contributed by atoms with Crippen LogP contribution in [0.25, 0.3) is 0 Å². The maximum atomic E-state index is 12.6. The van der Waals surface area contributed by atoms with Gasteiger partial charge in [0.15, 0.2) is 5.96 Å². The predicted molar refractivity (Wildman–Crippen MR) is 118 cm³/mol. The fourth-order valence-electron chi connectivity index (χ4n) is 2.54. The Morgan fingerprint density at radius 3 is 2.00 bits per heavy atom. The van der Waals surface area contributed by atoms with Crippen molar-refractivity contribution in [2.75, 3.05) is 13.1 Å². The maximum Gasteiger partial charge on any atom is 0.326 e. The van der Waals surface area contributed by atoms with Crippen LogP contribution in [0.15, 0.2) is 4.99 Å². The highest BCUT2D eigenvalue weighted by Crippen LogP contribution is 2.03. The van der Waals surface area contributed by atoms with E-state index in [1.54, 1.807) is 0 Å². The third-order valence-corrected chi connectivity index (χ3v) is 4.32. The molecule has 3 atom stereocenters. The molecule has 0 saturated heterocycles. The zero-order chi connectivity index (χ0) is 26.3. The largest absolute Gasteiger partial charge is 0.481 e. The summed E-state index contributed by atoms with van der Waals surface area (Å²) in [4.78, 5) is 73.3. The summed E-state index contributed by atoms with van der Waals surface area (Å²) in [6.45, 7) is -0.434. The number of carbonyl (C=O) groups is 6. The molecule has 16 nitrogen and oxygen atoms in total. The van der Waals surface area contributed by atoms with E-state index >= 15 is 0 Å². The summed E-state index contributed by atoms with van der Waals surface area (Å²) in [6.07, 6.45) is -0.777. The van der Waals surface area contributed by atoms with E-state index in [4.69, 9.17) is 28.0 Å². The summed E-state index contributed by atoms with van der Waals surface area (Å²) in [6, 6.07) is -3.80. The number of nitrogens with one attached hydrogen (secondary N) is 3. The fraction of sp³-hybridized carbons (Fsp3) is 0.611. The minimum atomic E-state index is -1.50. The number of rotatable bonds is 17. The van der Waals surface area contributed by atoms with E-state index in [1.807, 2.05) is 0 Å². The van der Waals surface area contributed by atoms with Gasteiger partial charge in [-0.25, -0.2) is 4.79 Å². The van der Waals surface area contributed by atoms with Crippen LogP contribution in [0.4, 0.5) is 0 Å². The first-order valence-corrected chi connectivity index (χ1v) is 10.2. The summed E-state index contributed by atoms with van der Waals surface area (Å²) in [5.41, 5.74) is 21.0. The van der Waals surface area contributed by atoms with Gasteiger partial charge in [-0.05, 0) is 25.7 Å². The monoisotopic (exact) mass is 488 g/mol. The number of nitrogens with zero attached hydrogens (tertiary/aromatic N) is 1. The number of carboxylic acids is 2. The predicted octanol–water partition coefficient (Wildman–Crippen LogP) is -4.33. The molecule has 0 aliphatic carbocycles. The lowest BCUT2D eigenvalue weighted by atomic mass is 10.1. The van der Waals surface area contributed by atoms with Crippen molar-refractivity contribution in [3.63, 3.8) is 0 Å². The molecule has 0 aliphatic heterocycles. The number of amides is 4. The molecule has 0 radical (unpaired) electrons. The highest BCUT2D eigenvalue weighted by molar-refractivity contribution is 5.92. The van der Waals surface area contributed by atoms with Crippen LogP contribution in [-0.4, -0.2) is 83.0 Å². The van der Waals surface area contributed by atoms with Gasteiger partial charge in [0.2, 0.25) is 23.6 Å². The van der Waals surface area contributed by atoms with Gasteiger partial charge in [-0.1, -0.05) is 0 Å². The van der Waals surface area contributed by atoms with Crippen molar-refractivity contribution >= 4 is 41.5 Å². The third kappa shape index (κ3) is 14.2. The molecule has 0 aliphatic rings. The van der Waals surface area contributed by atoms with Crippen molar-refractivity contribution in [3.05, 3.63) is 0 Å². The Bertz CT molecular complexity index is 784. The number of nitrogens with two attached hydrogens (primary N) is 4. The Morgan fingerprint density at radius 1 is 0.824 bits per heavy atom. The molecule has 34 heavy (non-hydrogen) atoms. The minimum absolute atomic E-state index is 0.00565. The smallest absolute Gasteiger partial charge is 0.326 e. The zero-order valence-electron chi connectivity index (χ0n) is 18.5. The molecule has 0 rings (SSSR count). The second-order valence-corrected chi connectivity index (χ2v) is 7.23. The van der Waals surface area contributed by atoms with E-state index in [2.05, 4.69) is 20.9 Å². The Labute approximate surface area is 194 Å². The lowest BCUT2D eigenvalue weighted by Crippen LogP contribution is -2.53. The number of hydrogen-bond acceptors (Lipinski definition) is 8. The summed E-state index contributed by atoms with van der Waals surface area (Å²) < 4.78 is 0. The van der Waals surface area contributed by atoms with E-state index in [0.717, 1.165) is 0 Å². The third-order valence-electron chi connectivity index (χ3n) is 4.32. The van der Waals surface area contributed by atoms with Crippen LogP contribution in [-0.2, 0) is 28.8 Å². The molecule has 0 aromatic rings. The van der Waals surface area contributed by atoms with Gasteiger partial charge < -0.3 is 49.1 Å². The van der Waals surface area contributed by atoms with Crippen LogP contribution in [0.2, 0.25) is 0 Å². The SMILES string of the molecule is NC(=O)CCC(N)C(=O)NCC(=O)NC(CCCN=C(N)N)C(=O)NC(CCC(=O)O)C(=O)O. The summed E-state index contributed by atoms with van der Waals surface area (Å²) in [5, 5.41) is 24.7. The highest BCUT2D eigenvalue weighted by atomic mass is 16.4. The van der Waals surface area contributed by atoms with Crippen molar-refractivity contribution in [1.82, 2.24) is 16.0 Å². The van der Waals surface area contributed by atoms with E-state index in [-0.39, 0.29) is 44.6 Å². The van der Waals surface area contributed by atoms with Gasteiger partial charge in [0.25, 0.3) is 0 Å². The molecule has 0 heterocycles. The van der Waals surface area contributed by atoms with E-state index < -0.39 is 66.7 Å². The van der Waals surface area contributed by atoms with Crippen molar-refractivity contribution < 1.29 is 39.0 Å². The second kappa shape index (κ2) is 15.8. The van der Waals surface area contributed by atoms with Crippen LogP contribution in [0, 0.1) is 0 Å². The first-order chi connectivity index (χ1) is 15.8.